The van der Waals surface area contributed by atoms with E-state index in [0.717, 1.165) is 0 Å². The van der Waals surface area contributed by atoms with Gasteiger partial charge in [0, 0.05) is 18.8 Å². The Hall–Kier alpha value is -3.36. The highest BCUT2D eigenvalue weighted by molar-refractivity contribution is 6.03. The van der Waals surface area contributed by atoms with Crippen LogP contribution >= 0.6 is 0 Å². The van der Waals surface area contributed by atoms with E-state index in [1.807, 2.05) is 0 Å². The lowest BCUT2D eigenvalue weighted by atomic mass is 10.2. The van der Waals surface area contributed by atoms with Crippen LogP contribution in [0.2, 0.25) is 0 Å². The lowest BCUT2D eigenvalue weighted by Gasteiger charge is -2.08. The summed E-state index contributed by atoms with van der Waals surface area (Å²) in [5.41, 5.74) is 1.02. The zero-order valence-corrected chi connectivity index (χ0v) is 13.3. The number of hydrogen-bond acceptors (Lipinski definition) is 7. The Morgan fingerprint density at radius 3 is 2.62 bits per heavy atom. The summed E-state index contributed by atoms with van der Waals surface area (Å²) in [6.07, 6.45) is 1.61. The second-order valence-corrected chi connectivity index (χ2v) is 4.78. The first kappa shape index (κ1) is 15.5. The Kier molecular flexibility index (Phi) is 4.15. The summed E-state index contributed by atoms with van der Waals surface area (Å²) in [6, 6.07) is 6.53. The first-order chi connectivity index (χ1) is 11.6. The van der Waals surface area contributed by atoms with Gasteiger partial charge in [-0.2, -0.15) is 5.10 Å². The number of nitrogens with zero attached hydrogens (tertiary/aromatic N) is 4. The number of rotatable bonds is 5. The van der Waals surface area contributed by atoms with E-state index in [4.69, 9.17) is 13.9 Å². The van der Waals surface area contributed by atoms with Crippen molar-refractivity contribution < 1.29 is 18.7 Å². The highest BCUT2D eigenvalue weighted by atomic mass is 16.5. The SMILES string of the molecule is COc1ccc(C(=O)Nc2nnc(-c3ccnn3C)o2)cc1OC. The molecule has 0 bridgehead atoms. The van der Waals surface area contributed by atoms with Crippen LogP contribution in [0.4, 0.5) is 6.01 Å². The molecule has 124 valence electrons. The summed E-state index contributed by atoms with van der Waals surface area (Å²) in [7, 11) is 4.77. The predicted molar refractivity (Wildman–Crippen MR) is 84.0 cm³/mol. The standard InChI is InChI=1S/C15H15N5O4/c1-20-10(6-7-16-20)14-18-19-15(24-14)17-13(21)9-4-5-11(22-2)12(8-9)23-3/h4-8H,1-3H3,(H,17,19,21). The smallest absolute Gasteiger partial charge is 0.322 e. The van der Waals surface area contributed by atoms with Gasteiger partial charge in [0.1, 0.15) is 5.69 Å². The van der Waals surface area contributed by atoms with Gasteiger partial charge in [-0.3, -0.25) is 14.8 Å². The van der Waals surface area contributed by atoms with Crippen molar-refractivity contribution in [1.29, 1.82) is 0 Å². The lowest BCUT2D eigenvalue weighted by molar-refractivity contribution is 0.102. The van der Waals surface area contributed by atoms with E-state index in [1.54, 1.807) is 42.2 Å². The molecule has 0 saturated carbocycles. The van der Waals surface area contributed by atoms with Crippen molar-refractivity contribution in [2.75, 3.05) is 19.5 Å². The average Bonchev–Trinajstić information content (AvgIpc) is 3.22. The summed E-state index contributed by atoms with van der Waals surface area (Å²) in [6.45, 7) is 0. The van der Waals surface area contributed by atoms with E-state index in [9.17, 15) is 4.79 Å². The lowest BCUT2D eigenvalue weighted by Crippen LogP contribution is -2.12. The molecule has 1 N–H and O–H groups in total. The molecule has 1 aromatic carbocycles. The molecule has 24 heavy (non-hydrogen) atoms. The van der Waals surface area contributed by atoms with Crippen molar-refractivity contribution in [2.24, 2.45) is 7.05 Å². The van der Waals surface area contributed by atoms with Gasteiger partial charge in [-0.05, 0) is 24.3 Å². The Morgan fingerprint density at radius 1 is 1.17 bits per heavy atom. The molecule has 0 aliphatic carbocycles. The Labute approximate surface area is 137 Å². The minimum Gasteiger partial charge on any atom is -0.493 e. The maximum atomic E-state index is 12.3. The Bertz CT molecular complexity index is 870. The third kappa shape index (κ3) is 2.91. The molecule has 0 saturated heterocycles. The number of ether oxygens (including phenoxy) is 2. The Morgan fingerprint density at radius 2 is 1.96 bits per heavy atom. The molecule has 0 aliphatic rings. The van der Waals surface area contributed by atoms with Crippen molar-refractivity contribution in [2.45, 2.75) is 0 Å². The van der Waals surface area contributed by atoms with Crippen LogP contribution < -0.4 is 14.8 Å². The van der Waals surface area contributed by atoms with Crippen LogP contribution in [0.3, 0.4) is 0 Å². The number of carbonyl (C=O) groups is 1. The normalized spacial score (nSPS) is 10.5. The number of aryl methyl sites for hydroxylation is 1. The van der Waals surface area contributed by atoms with Crippen molar-refractivity contribution >= 4 is 11.9 Å². The van der Waals surface area contributed by atoms with Crippen LogP contribution in [0.15, 0.2) is 34.9 Å². The summed E-state index contributed by atoms with van der Waals surface area (Å²) in [5.74, 6) is 0.838. The molecule has 2 aromatic heterocycles. The van der Waals surface area contributed by atoms with Crippen LogP contribution in [0.5, 0.6) is 11.5 Å². The number of methoxy groups -OCH3 is 2. The molecular formula is C15H15N5O4. The number of benzene rings is 1. The fraction of sp³-hybridized carbons (Fsp3) is 0.200. The van der Waals surface area contributed by atoms with Crippen LogP contribution in [-0.4, -0.2) is 40.1 Å². The minimum absolute atomic E-state index is 0.00835. The van der Waals surface area contributed by atoms with Gasteiger partial charge in [-0.1, -0.05) is 5.10 Å². The molecule has 1 amide bonds. The van der Waals surface area contributed by atoms with E-state index in [0.29, 0.717) is 22.8 Å². The van der Waals surface area contributed by atoms with Crippen molar-refractivity contribution in [1.82, 2.24) is 20.0 Å². The second kappa shape index (κ2) is 6.41. The molecule has 0 fully saturated rings. The summed E-state index contributed by atoms with van der Waals surface area (Å²) < 4.78 is 17.3. The topological polar surface area (TPSA) is 104 Å². The van der Waals surface area contributed by atoms with Gasteiger partial charge < -0.3 is 13.9 Å². The van der Waals surface area contributed by atoms with Crippen molar-refractivity contribution in [3.63, 3.8) is 0 Å². The van der Waals surface area contributed by atoms with E-state index in [1.165, 1.54) is 14.2 Å². The zero-order valence-electron chi connectivity index (χ0n) is 13.3. The predicted octanol–water partition coefficient (Wildman–Crippen LogP) is 1.74. The van der Waals surface area contributed by atoms with E-state index in [-0.39, 0.29) is 11.9 Å². The van der Waals surface area contributed by atoms with Crippen molar-refractivity contribution in [3.05, 3.63) is 36.0 Å². The number of carbonyl (C=O) groups excluding carboxylic acids is 1. The second-order valence-electron chi connectivity index (χ2n) is 4.78. The van der Waals surface area contributed by atoms with Gasteiger partial charge in [-0.15, -0.1) is 5.10 Å². The number of amides is 1. The highest BCUT2D eigenvalue weighted by Crippen LogP contribution is 2.28. The molecule has 0 radical (unpaired) electrons. The molecule has 0 atom stereocenters. The van der Waals surface area contributed by atoms with Crippen LogP contribution in [0.25, 0.3) is 11.6 Å². The third-order valence-electron chi connectivity index (χ3n) is 3.33. The molecule has 3 aromatic rings. The molecule has 0 spiro atoms. The minimum atomic E-state index is -0.406. The van der Waals surface area contributed by atoms with E-state index >= 15 is 0 Å². The van der Waals surface area contributed by atoms with E-state index in [2.05, 4.69) is 20.6 Å². The summed E-state index contributed by atoms with van der Waals surface area (Å²) in [4.78, 5) is 12.3. The monoisotopic (exact) mass is 329 g/mol. The molecular weight excluding hydrogens is 314 g/mol. The summed E-state index contributed by atoms with van der Waals surface area (Å²) >= 11 is 0. The first-order valence-corrected chi connectivity index (χ1v) is 6.97. The van der Waals surface area contributed by atoms with Gasteiger partial charge in [0.05, 0.1) is 14.2 Å². The van der Waals surface area contributed by atoms with Crippen LogP contribution in [0, 0.1) is 0 Å². The number of nitrogens with one attached hydrogen (secondary N) is 1. The Balaban J connectivity index is 1.78. The third-order valence-corrected chi connectivity index (χ3v) is 3.33. The molecule has 2 heterocycles. The molecule has 0 aliphatic heterocycles. The first-order valence-electron chi connectivity index (χ1n) is 6.97. The van der Waals surface area contributed by atoms with Gasteiger partial charge in [-0.25, -0.2) is 0 Å². The maximum absolute atomic E-state index is 12.3. The van der Waals surface area contributed by atoms with Crippen molar-refractivity contribution in [3.8, 4) is 23.1 Å². The number of hydrogen-bond donors (Lipinski definition) is 1. The van der Waals surface area contributed by atoms with Gasteiger partial charge in [0.25, 0.3) is 11.8 Å². The van der Waals surface area contributed by atoms with Crippen LogP contribution in [0.1, 0.15) is 10.4 Å². The van der Waals surface area contributed by atoms with Gasteiger partial charge in [0.15, 0.2) is 11.5 Å². The number of aromatic nitrogens is 4. The summed E-state index contributed by atoms with van der Waals surface area (Å²) in [5, 5.41) is 14.3. The largest absolute Gasteiger partial charge is 0.493 e. The highest BCUT2D eigenvalue weighted by Gasteiger charge is 2.16. The van der Waals surface area contributed by atoms with Gasteiger partial charge in [0.2, 0.25) is 0 Å². The zero-order chi connectivity index (χ0) is 17.1. The maximum Gasteiger partial charge on any atom is 0.322 e. The fourth-order valence-electron chi connectivity index (χ4n) is 2.11. The fourth-order valence-corrected chi connectivity index (χ4v) is 2.11. The average molecular weight is 329 g/mol. The van der Waals surface area contributed by atoms with Gasteiger partial charge >= 0.3 is 6.01 Å². The molecule has 0 unspecified atom stereocenters. The molecule has 3 rings (SSSR count). The number of anilines is 1. The van der Waals surface area contributed by atoms with E-state index < -0.39 is 5.91 Å². The van der Waals surface area contributed by atoms with Crippen LogP contribution in [-0.2, 0) is 7.05 Å². The molecule has 9 heteroatoms. The molecule has 9 nitrogen and oxygen atoms in total. The quantitative estimate of drug-likeness (QED) is 0.760.